The predicted molar refractivity (Wildman–Crippen MR) is 80.8 cm³/mol. The fourth-order valence-electron chi connectivity index (χ4n) is 1.45. The molecule has 20 heavy (non-hydrogen) atoms. The molecule has 0 aliphatic carbocycles. The topological polar surface area (TPSA) is 76.7 Å². The minimum atomic E-state index is -0.00994. The van der Waals surface area contributed by atoms with Crippen molar-refractivity contribution >= 4 is 22.9 Å². The van der Waals surface area contributed by atoms with E-state index >= 15 is 0 Å². The highest BCUT2D eigenvalue weighted by molar-refractivity contribution is 8.13. The Labute approximate surface area is 125 Å². The molecular weight excluding hydrogens is 280 g/mol. The summed E-state index contributed by atoms with van der Waals surface area (Å²) in [5, 5.41) is 5.60. The summed E-state index contributed by atoms with van der Waals surface area (Å²) in [6, 6.07) is 0. The second-order valence-electron chi connectivity index (χ2n) is 4.27. The van der Waals surface area contributed by atoms with Crippen molar-refractivity contribution in [3.05, 3.63) is 0 Å². The molecule has 0 bridgehead atoms. The molecule has 0 atom stereocenters. The Morgan fingerprint density at radius 2 is 1.70 bits per heavy atom. The third kappa shape index (κ3) is 15.3. The fourth-order valence-corrected chi connectivity index (χ4v) is 2.04. The number of methoxy groups -OCH3 is 1. The fraction of sp³-hybridized carbons (Fsp3) is 0.846. The van der Waals surface area contributed by atoms with Crippen molar-refractivity contribution in [3.8, 4) is 0 Å². The lowest BCUT2D eigenvalue weighted by Gasteiger charge is -2.05. The van der Waals surface area contributed by atoms with Crippen molar-refractivity contribution in [2.75, 3.05) is 39.4 Å². The predicted octanol–water partition coefficient (Wildman–Crippen LogP) is 1.75. The monoisotopic (exact) mass is 306 g/mol. The van der Waals surface area contributed by atoms with Gasteiger partial charge in [-0.3, -0.25) is 9.59 Å². The molecule has 0 saturated heterocycles. The van der Waals surface area contributed by atoms with Gasteiger partial charge >= 0.3 is 0 Å². The number of unbranched alkanes of at least 4 members (excludes halogenated alkanes) is 3. The zero-order valence-electron chi connectivity index (χ0n) is 12.4. The second kappa shape index (κ2) is 14.6. The van der Waals surface area contributed by atoms with E-state index in [1.807, 2.05) is 0 Å². The number of carbonyl (C=O) groups excluding carboxylic acids is 2. The molecular formula is C13H26N2O4S. The molecule has 0 unspecified atom stereocenters. The minimum Gasteiger partial charge on any atom is -0.359 e. The van der Waals surface area contributed by atoms with Crippen molar-refractivity contribution in [1.29, 1.82) is 0 Å². The van der Waals surface area contributed by atoms with Crippen LogP contribution in [0.25, 0.3) is 0 Å². The average molecular weight is 306 g/mol. The van der Waals surface area contributed by atoms with Gasteiger partial charge in [0.25, 0.3) is 5.24 Å². The van der Waals surface area contributed by atoms with E-state index in [4.69, 9.17) is 9.47 Å². The van der Waals surface area contributed by atoms with Crippen LogP contribution in [-0.4, -0.2) is 50.5 Å². The van der Waals surface area contributed by atoms with Gasteiger partial charge in [0.05, 0.1) is 6.61 Å². The first-order valence-electron chi connectivity index (χ1n) is 6.88. The molecule has 118 valence electrons. The maximum absolute atomic E-state index is 11.4. The van der Waals surface area contributed by atoms with Crippen LogP contribution >= 0.6 is 11.8 Å². The van der Waals surface area contributed by atoms with Crippen LogP contribution in [0.5, 0.6) is 0 Å². The van der Waals surface area contributed by atoms with E-state index in [2.05, 4.69) is 10.6 Å². The lowest BCUT2D eigenvalue weighted by Crippen LogP contribution is -2.21. The quantitative estimate of drug-likeness (QED) is 0.424. The van der Waals surface area contributed by atoms with Gasteiger partial charge in [0.2, 0.25) is 5.91 Å². The lowest BCUT2D eigenvalue weighted by atomic mass is 10.2. The number of rotatable bonds is 12. The van der Waals surface area contributed by atoms with Gasteiger partial charge in [0, 0.05) is 32.9 Å². The summed E-state index contributed by atoms with van der Waals surface area (Å²) < 4.78 is 9.80. The SMILES string of the molecule is COCOCCSC(=O)NCCCCCCNC(C)=O. The Morgan fingerprint density at radius 1 is 1.05 bits per heavy atom. The van der Waals surface area contributed by atoms with Crippen LogP contribution in [0.2, 0.25) is 0 Å². The number of amides is 2. The largest absolute Gasteiger partial charge is 0.359 e. The first-order chi connectivity index (χ1) is 9.66. The molecule has 0 aliphatic rings. The molecule has 0 heterocycles. The van der Waals surface area contributed by atoms with E-state index in [9.17, 15) is 9.59 Å². The molecule has 0 aromatic rings. The maximum Gasteiger partial charge on any atom is 0.279 e. The van der Waals surface area contributed by atoms with Crippen LogP contribution in [0.4, 0.5) is 4.79 Å². The second-order valence-corrected chi connectivity index (χ2v) is 5.34. The van der Waals surface area contributed by atoms with E-state index in [0.29, 0.717) is 18.9 Å². The highest BCUT2D eigenvalue weighted by Gasteiger charge is 2.00. The first-order valence-corrected chi connectivity index (χ1v) is 7.87. The zero-order chi connectivity index (χ0) is 15.1. The van der Waals surface area contributed by atoms with Gasteiger partial charge in [0.1, 0.15) is 6.79 Å². The summed E-state index contributed by atoms with van der Waals surface area (Å²) in [5.41, 5.74) is 0. The van der Waals surface area contributed by atoms with Crippen molar-refractivity contribution < 1.29 is 19.1 Å². The van der Waals surface area contributed by atoms with Gasteiger partial charge in [-0.2, -0.15) is 0 Å². The molecule has 0 rings (SSSR count). The van der Waals surface area contributed by atoms with E-state index in [-0.39, 0.29) is 17.9 Å². The Morgan fingerprint density at radius 3 is 2.30 bits per heavy atom. The number of thioether (sulfide) groups is 1. The Kier molecular flexibility index (Phi) is 14.0. The number of carbonyl (C=O) groups is 2. The van der Waals surface area contributed by atoms with Crippen LogP contribution < -0.4 is 10.6 Å². The summed E-state index contributed by atoms with van der Waals surface area (Å²) in [4.78, 5) is 22.0. The number of nitrogens with one attached hydrogen (secondary N) is 2. The number of hydrogen-bond donors (Lipinski definition) is 2. The van der Waals surface area contributed by atoms with Gasteiger partial charge < -0.3 is 20.1 Å². The Hall–Kier alpha value is -0.790. The summed E-state index contributed by atoms with van der Waals surface area (Å²) in [6.07, 6.45) is 4.07. The molecule has 0 aromatic carbocycles. The van der Waals surface area contributed by atoms with Gasteiger partial charge in [-0.15, -0.1) is 0 Å². The Bertz CT molecular complexity index is 265. The normalized spacial score (nSPS) is 10.3. The lowest BCUT2D eigenvalue weighted by molar-refractivity contribution is -0.118. The molecule has 0 aliphatic heterocycles. The summed E-state index contributed by atoms with van der Waals surface area (Å²) >= 11 is 1.22. The molecule has 0 spiro atoms. The highest BCUT2D eigenvalue weighted by atomic mass is 32.2. The van der Waals surface area contributed by atoms with E-state index in [1.54, 1.807) is 7.11 Å². The molecule has 2 amide bonds. The van der Waals surface area contributed by atoms with Crippen molar-refractivity contribution in [1.82, 2.24) is 10.6 Å². The molecule has 0 radical (unpaired) electrons. The van der Waals surface area contributed by atoms with E-state index in [0.717, 1.165) is 32.2 Å². The van der Waals surface area contributed by atoms with Crippen LogP contribution in [0.15, 0.2) is 0 Å². The summed E-state index contributed by atoms with van der Waals surface area (Å²) in [5.74, 6) is 0.648. The van der Waals surface area contributed by atoms with Gasteiger partial charge in [0.15, 0.2) is 0 Å². The van der Waals surface area contributed by atoms with Crippen molar-refractivity contribution in [2.45, 2.75) is 32.6 Å². The number of hydrogen-bond acceptors (Lipinski definition) is 5. The highest BCUT2D eigenvalue weighted by Crippen LogP contribution is 2.02. The van der Waals surface area contributed by atoms with Crippen molar-refractivity contribution in [2.24, 2.45) is 0 Å². The molecule has 7 heteroatoms. The third-order valence-electron chi connectivity index (χ3n) is 2.41. The minimum absolute atomic E-state index is 0.00994. The van der Waals surface area contributed by atoms with E-state index < -0.39 is 0 Å². The molecule has 0 saturated carbocycles. The first kappa shape index (κ1) is 19.2. The third-order valence-corrected chi connectivity index (χ3v) is 3.19. The summed E-state index contributed by atoms with van der Waals surface area (Å²) in [7, 11) is 1.57. The Balaban J connectivity index is 3.17. The molecule has 0 fully saturated rings. The standard InChI is InChI=1S/C13H26N2O4S/c1-12(16)14-7-5-3-4-6-8-15-13(17)20-10-9-19-11-18-2/h3-11H2,1-2H3,(H,14,16)(H,15,17). The van der Waals surface area contributed by atoms with Crippen LogP contribution in [0.3, 0.4) is 0 Å². The average Bonchev–Trinajstić information content (AvgIpc) is 2.41. The molecule has 0 aromatic heterocycles. The van der Waals surface area contributed by atoms with Crippen molar-refractivity contribution in [3.63, 3.8) is 0 Å². The van der Waals surface area contributed by atoms with Crippen LogP contribution in [0, 0.1) is 0 Å². The molecule has 2 N–H and O–H groups in total. The van der Waals surface area contributed by atoms with Gasteiger partial charge in [-0.1, -0.05) is 24.6 Å². The van der Waals surface area contributed by atoms with Crippen LogP contribution in [-0.2, 0) is 14.3 Å². The maximum atomic E-state index is 11.4. The smallest absolute Gasteiger partial charge is 0.279 e. The van der Waals surface area contributed by atoms with Crippen LogP contribution in [0.1, 0.15) is 32.6 Å². The number of ether oxygens (including phenoxy) is 2. The molecule has 6 nitrogen and oxygen atoms in total. The zero-order valence-corrected chi connectivity index (χ0v) is 13.2. The summed E-state index contributed by atoms with van der Waals surface area (Å²) in [6.45, 7) is 3.73. The van der Waals surface area contributed by atoms with E-state index in [1.165, 1.54) is 18.7 Å². The van der Waals surface area contributed by atoms with Gasteiger partial charge in [-0.05, 0) is 12.8 Å². The van der Waals surface area contributed by atoms with Gasteiger partial charge in [-0.25, -0.2) is 0 Å².